The predicted molar refractivity (Wildman–Crippen MR) is 129 cm³/mol. The highest BCUT2D eigenvalue weighted by Crippen LogP contribution is 2.32. The van der Waals surface area contributed by atoms with Gasteiger partial charge >= 0.3 is 0 Å². The Morgan fingerprint density at radius 1 is 1.16 bits per heavy atom. The molecule has 0 aromatic heterocycles. The van der Waals surface area contributed by atoms with Gasteiger partial charge in [-0.2, -0.15) is 0 Å². The number of rotatable bonds is 9. The summed E-state index contributed by atoms with van der Waals surface area (Å²) in [6.45, 7) is 7.77. The fraction of sp³-hybridized carbons (Fsp3) is 0.435. The maximum absolute atomic E-state index is 12.8. The quantitative estimate of drug-likeness (QED) is 0.553. The van der Waals surface area contributed by atoms with Crippen molar-refractivity contribution in [3.8, 4) is 5.75 Å². The van der Waals surface area contributed by atoms with Crippen LogP contribution < -0.4 is 14.4 Å². The number of sulfonamides is 1. The van der Waals surface area contributed by atoms with E-state index in [1.807, 2.05) is 32.2 Å². The third-order valence-electron chi connectivity index (χ3n) is 5.11. The van der Waals surface area contributed by atoms with Crippen LogP contribution in [0.25, 0.3) is 0 Å². The van der Waals surface area contributed by atoms with E-state index in [0.29, 0.717) is 5.69 Å². The number of aryl methyl sites for hydroxylation is 1. The Kier molecular flexibility index (Phi) is 8.42. The monoisotopic (exact) mass is 464 g/mol. The molecule has 1 amide bonds. The summed E-state index contributed by atoms with van der Waals surface area (Å²) >= 11 is 1.51. The average molecular weight is 465 g/mol. The molecule has 0 saturated carbocycles. The highest BCUT2D eigenvalue weighted by Gasteiger charge is 2.23. The van der Waals surface area contributed by atoms with Gasteiger partial charge in [0.2, 0.25) is 15.9 Å². The second-order valence-corrected chi connectivity index (χ2v) is 10.7. The Hall–Kier alpha value is -2.19. The van der Waals surface area contributed by atoms with Crippen molar-refractivity contribution >= 4 is 33.4 Å². The SMILES string of the molecule is COc1cc(C)c([C@H](C)NC(=O)CN(c2cccc(SC)c2)S(C)(=O)=O)cc1C(C)C. The highest BCUT2D eigenvalue weighted by molar-refractivity contribution is 7.98. The number of hydrogen-bond acceptors (Lipinski definition) is 5. The van der Waals surface area contributed by atoms with Gasteiger partial charge in [0, 0.05) is 4.90 Å². The van der Waals surface area contributed by atoms with Crippen LogP contribution in [0.5, 0.6) is 5.75 Å². The van der Waals surface area contributed by atoms with Crippen molar-refractivity contribution < 1.29 is 17.9 Å². The molecule has 0 aliphatic rings. The fourth-order valence-corrected chi connectivity index (χ4v) is 4.77. The molecule has 31 heavy (non-hydrogen) atoms. The molecule has 2 aromatic carbocycles. The van der Waals surface area contributed by atoms with E-state index in [1.54, 1.807) is 25.3 Å². The number of methoxy groups -OCH3 is 1. The molecule has 0 radical (unpaired) electrons. The van der Waals surface area contributed by atoms with E-state index in [1.165, 1.54) is 11.8 Å². The van der Waals surface area contributed by atoms with Crippen LogP contribution >= 0.6 is 11.8 Å². The van der Waals surface area contributed by atoms with Gasteiger partial charge in [0.05, 0.1) is 25.1 Å². The maximum Gasteiger partial charge on any atom is 0.241 e. The summed E-state index contributed by atoms with van der Waals surface area (Å²) in [5.41, 5.74) is 3.52. The Balaban J connectivity index is 2.26. The van der Waals surface area contributed by atoms with Crippen LogP contribution in [0.3, 0.4) is 0 Å². The standard InChI is InChI=1S/C23H32N2O4S2/c1-15(2)20-13-21(16(3)11-22(20)29-5)17(4)24-23(26)14-25(31(7,27)28)18-9-8-10-19(12-18)30-6/h8-13,15,17H,14H2,1-7H3,(H,24,26)/t17-/m0/s1. The molecule has 8 heteroatoms. The summed E-state index contributed by atoms with van der Waals surface area (Å²) in [6.07, 6.45) is 3.03. The molecule has 0 spiro atoms. The third kappa shape index (κ3) is 6.40. The Morgan fingerprint density at radius 3 is 2.39 bits per heavy atom. The van der Waals surface area contributed by atoms with Crippen LogP contribution in [0.15, 0.2) is 41.3 Å². The van der Waals surface area contributed by atoms with Crippen molar-refractivity contribution in [3.63, 3.8) is 0 Å². The lowest BCUT2D eigenvalue weighted by Gasteiger charge is -2.25. The molecule has 170 valence electrons. The predicted octanol–water partition coefficient (Wildman–Crippen LogP) is 4.49. The van der Waals surface area contributed by atoms with Gasteiger partial charge in [-0.25, -0.2) is 8.42 Å². The van der Waals surface area contributed by atoms with Gasteiger partial charge in [0.25, 0.3) is 0 Å². The number of amides is 1. The first-order valence-electron chi connectivity index (χ1n) is 10.1. The molecule has 1 N–H and O–H groups in total. The van der Waals surface area contributed by atoms with Crippen LogP contribution in [-0.2, 0) is 14.8 Å². The molecule has 0 unspecified atom stereocenters. The summed E-state index contributed by atoms with van der Waals surface area (Å²) < 4.78 is 31.4. The van der Waals surface area contributed by atoms with E-state index in [2.05, 4.69) is 25.2 Å². The zero-order chi connectivity index (χ0) is 23.3. The zero-order valence-corrected chi connectivity index (χ0v) is 20.9. The van der Waals surface area contributed by atoms with E-state index in [-0.39, 0.29) is 24.4 Å². The van der Waals surface area contributed by atoms with Crippen molar-refractivity contribution in [1.29, 1.82) is 0 Å². The number of nitrogens with zero attached hydrogens (tertiary/aromatic N) is 1. The molecule has 2 rings (SSSR count). The lowest BCUT2D eigenvalue weighted by Crippen LogP contribution is -2.41. The first-order valence-corrected chi connectivity index (χ1v) is 13.1. The number of anilines is 1. The Bertz CT molecular complexity index is 1040. The lowest BCUT2D eigenvalue weighted by molar-refractivity contribution is -0.120. The molecular weight excluding hydrogens is 432 g/mol. The lowest BCUT2D eigenvalue weighted by atomic mass is 9.93. The molecule has 6 nitrogen and oxygen atoms in total. The normalized spacial score (nSPS) is 12.5. The van der Waals surface area contributed by atoms with Gasteiger partial charge < -0.3 is 10.1 Å². The van der Waals surface area contributed by atoms with Crippen molar-refractivity contribution in [3.05, 3.63) is 53.1 Å². The molecule has 0 fully saturated rings. The number of ether oxygens (including phenoxy) is 1. The molecule has 1 atom stereocenters. The fourth-order valence-electron chi connectivity index (χ4n) is 3.47. The van der Waals surface area contributed by atoms with E-state index in [0.717, 1.165) is 37.9 Å². The topological polar surface area (TPSA) is 75.7 Å². The smallest absolute Gasteiger partial charge is 0.241 e. The number of benzene rings is 2. The molecule has 0 aliphatic carbocycles. The first-order chi connectivity index (χ1) is 14.5. The highest BCUT2D eigenvalue weighted by atomic mass is 32.2. The van der Waals surface area contributed by atoms with Crippen LogP contribution in [0.1, 0.15) is 49.4 Å². The molecule has 0 aliphatic heterocycles. The minimum Gasteiger partial charge on any atom is -0.496 e. The molecule has 0 bridgehead atoms. The average Bonchev–Trinajstić information content (AvgIpc) is 2.70. The van der Waals surface area contributed by atoms with Crippen molar-refractivity contribution in [1.82, 2.24) is 5.32 Å². The first kappa shape index (κ1) is 25.1. The van der Waals surface area contributed by atoms with E-state index >= 15 is 0 Å². The zero-order valence-electron chi connectivity index (χ0n) is 19.2. The second kappa shape index (κ2) is 10.4. The number of thioether (sulfide) groups is 1. The molecule has 2 aromatic rings. The third-order valence-corrected chi connectivity index (χ3v) is 6.98. The van der Waals surface area contributed by atoms with E-state index in [4.69, 9.17) is 4.74 Å². The Labute approximate surface area is 190 Å². The van der Waals surface area contributed by atoms with E-state index < -0.39 is 10.0 Å². The summed E-state index contributed by atoms with van der Waals surface area (Å²) in [7, 11) is -1.98. The van der Waals surface area contributed by atoms with Gasteiger partial charge in [-0.3, -0.25) is 9.10 Å². The van der Waals surface area contributed by atoms with Crippen LogP contribution in [0.2, 0.25) is 0 Å². The van der Waals surface area contributed by atoms with Gasteiger partial charge in [0.15, 0.2) is 0 Å². The van der Waals surface area contributed by atoms with Gasteiger partial charge in [-0.05, 0) is 73.0 Å². The molecule has 0 heterocycles. The number of hydrogen-bond donors (Lipinski definition) is 1. The Morgan fingerprint density at radius 2 is 1.84 bits per heavy atom. The molecular formula is C23H32N2O4S2. The number of nitrogens with one attached hydrogen (secondary N) is 1. The minimum atomic E-state index is -3.63. The van der Waals surface area contributed by atoms with Crippen LogP contribution in [0, 0.1) is 6.92 Å². The number of carbonyl (C=O) groups is 1. The van der Waals surface area contributed by atoms with Gasteiger partial charge in [-0.1, -0.05) is 19.9 Å². The van der Waals surface area contributed by atoms with Crippen molar-refractivity contribution in [2.75, 3.05) is 30.5 Å². The minimum absolute atomic E-state index is 0.265. The summed E-state index contributed by atoms with van der Waals surface area (Å²) in [6, 6.07) is 10.9. The largest absolute Gasteiger partial charge is 0.496 e. The summed E-state index contributed by atoms with van der Waals surface area (Å²) in [4.78, 5) is 13.7. The summed E-state index contributed by atoms with van der Waals surface area (Å²) in [5, 5.41) is 2.95. The maximum atomic E-state index is 12.8. The molecule has 0 saturated heterocycles. The van der Waals surface area contributed by atoms with Gasteiger partial charge in [-0.15, -0.1) is 11.8 Å². The van der Waals surface area contributed by atoms with Gasteiger partial charge in [0.1, 0.15) is 12.3 Å². The number of carbonyl (C=O) groups excluding carboxylic acids is 1. The second-order valence-electron chi connectivity index (χ2n) is 7.87. The van der Waals surface area contributed by atoms with Crippen molar-refractivity contribution in [2.24, 2.45) is 0 Å². The van der Waals surface area contributed by atoms with E-state index in [9.17, 15) is 13.2 Å². The summed E-state index contributed by atoms with van der Waals surface area (Å²) in [5.74, 6) is 0.724. The van der Waals surface area contributed by atoms with Crippen LogP contribution in [-0.4, -0.2) is 40.5 Å². The van der Waals surface area contributed by atoms with Crippen LogP contribution in [0.4, 0.5) is 5.69 Å². The van der Waals surface area contributed by atoms with Crippen molar-refractivity contribution in [2.45, 2.75) is 44.6 Å².